The lowest BCUT2D eigenvalue weighted by Gasteiger charge is -2.32. The van der Waals surface area contributed by atoms with Crippen molar-refractivity contribution in [2.45, 2.75) is 99.8 Å². The number of aryl methyl sites for hydroxylation is 2. The SMILES string of the molecule is CC=Cc1ccccc1Oc1cc(C)c(C(c2cc(C(C)(C)C)c(Oc3ccccc3C=CC)cc2C)C(C)C)cc1C(C)(C)C. The zero-order valence-corrected chi connectivity index (χ0v) is 30.2. The largest absolute Gasteiger partial charge is 0.456 e. The summed E-state index contributed by atoms with van der Waals surface area (Å²) in [6, 6.07) is 25.9. The molecule has 0 aliphatic carbocycles. The molecule has 0 saturated heterocycles. The summed E-state index contributed by atoms with van der Waals surface area (Å²) < 4.78 is 13.4. The van der Waals surface area contributed by atoms with E-state index in [1.165, 1.54) is 33.4 Å². The van der Waals surface area contributed by atoms with Gasteiger partial charge in [-0.1, -0.05) is 128 Å². The minimum Gasteiger partial charge on any atom is -0.456 e. The first-order chi connectivity index (χ1) is 21.6. The van der Waals surface area contributed by atoms with Crippen molar-refractivity contribution in [1.29, 1.82) is 0 Å². The predicted molar refractivity (Wildman–Crippen MR) is 199 cm³/mol. The maximum Gasteiger partial charge on any atom is 0.134 e. The molecule has 0 atom stereocenters. The molecule has 0 N–H and O–H groups in total. The van der Waals surface area contributed by atoms with Gasteiger partial charge in [-0.3, -0.25) is 0 Å². The quantitative estimate of drug-likeness (QED) is 0.187. The van der Waals surface area contributed by atoms with Gasteiger partial charge in [-0.15, -0.1) is 0 Å². The van der Waals surface area contributed by atoms with Crippen molar-refractivity contribution in [2.75, 3.05) is 0 Å². The van der Waals surface area contributed by atoms with Crippen LogP contribution in [0, 0.1) is 19.8 Å². The Labute approximate surface area is 279 Å². The van der Waals surface area contributed by atoms with Gasteiger partial charge >= 0.3 is 0 Å². The topological polar surface area (TPSA) is 18.5 Å². The lowest BCUT2D eigenvalue weighted by atomic mass is 9.74. The molecular weight excluding hydrogens is 560 g/mol. The fourth-order valence-corrected chi connectivity index (χ4v) is 6.31. The van der Waals surface area contributed by atoms with E-state index in [1.807, 2.05) is 26.0 Å². The Balaban J connectivity index is 1.88. The van der Waals surface area contributed by atoms with Crippen LogP contribution in [0.25, 0.3) is 12.2 Å². The average Bonchev–Trinajstić information content (AvgIpc) is 2.96. The molecule has 0 radical (unpaired) electrons. The fraction of sp³-hybridized carbons (Fsp3) is 0.364. The third kappa shape index (κ3) is 7.84. The number of hydrogen-bond acceptors (Lipinski definition) is 2. The molecule has 46 heavy (non-hydrogen) atoms. The minimum atomic E-state index is -0.113. The highest BCUT2D eigenvalue weighted by atomic mass is 16.5. The predicted octanol–water partition coefficient (Wildman–Crippen LogP) is 13.3. The monoisotopic (exact) mass is 614 g/mol. The van der Waals surface area contributed by atoms with Gasteiger partial charge in [0.2, 0.25) is 0 Å². The fourth-order valence-electron chi connectivity index (χ4n) is 6.31. The van der Waals surface area contributed by atoms with Crippen molar-refractivity contribution in [3.63, 3.8) is 0 Å². The second kappa shape index (κ2) is 14.2. The van der Waals surface area contributed by atoms with Gasteiger partial charge in [0, 0.05) is 28.2 Å². The molecule has 0 aliphatic rings. The summed E-state index contributed by atoms with van der Waals surface area (Å²) in [4.78, 5) is 0. The molecule has 4 rings (SSSR count). The van der Waals surface area contributed by atoms with Crippen LogP contribution in [0.4, 0.5) is 0 Å². The van der Waals surface area contributed by atoms with E-state index < -0.39 is 0 Å². The Morgan fingerprint density at radius 1 is 0.543 bits per heavy atom. The Kier molecular flexibility index (Phi) is 10.7. The van der Waals surface area contributed by atoms with Crippen LogP contribution < -0.4 is 9.47 Å². The average molecular weight is 615 g/mol. The van der Waals surface area contributed by atoms with Crippen LogP contribution in [0.3, 0.4) is 0 Å². The number of benzene rings is 4. The second-order valence-electron chi connectivity index (χ2n) is 14.9. The molecule has 0 aliphatic heterocycles. The van der Waals surface area contributed by atoms with Gasteiger partial charge in [0.1, 0.15) is 23.0 Å². The van der Waals surface area contributed by atoms with Crippen LogP contribution in [0.1, 0.15) is 120 Å². The van der Waals surface area contributed by atoms with Gasteiger partial charge in [0.15, 0.2) is 0 Å². The summed E-state index contributed by atoms with van der Waals surface area (Å²) in [5.74, 6) is 4.16. The first-order valence-corrected chi connectivity index (χ1v) is 16.7. The maximum absolute atomic E-state index is 6.72. The first kappa shape index (κ1) is 34.8. The van der Waals surface area contributed by atoms with E-state index in [1.54, 1.807) is 0 Å². The number of para-hydroxylation sites is 2. The van der Waals surface area contributed by atoms with Crippen LogP contribution in [0.2, 0.25) is 0 Å². The summed E-state index contributed by atoms with van der Waals surface area (Å²) in [6.07, 6.45) is 8.31. The summed E-state index contributed by atoms with van der Waals surface area (Å²) in [7, 11) is 0. The molecule has 0 aromatic heterocycles. The number of hydrogen-bond donors (Lipinski definition) is 0. The standard InChI is InChI=1S/C44H54O2/c1-13-19-32-21-15-17-23-38(32)45-40-25-30(5)34(27-36(40)43(7,8)9)42(29(3)4)35-28-37(44(10,11)12)41(26-31(35)6)46-39-24-18-16-22-33(39)20-14-2/h13-29,42H,1-12H3. The van der Waals surface area contributed by atoms with Crippen molar-refractivity contribution in [3.05, 3.63) is 129 Å². The van der Waals surface area contributed by atoms with Gasteiger partial charge < -0.3 is 9.47 Å². The molecule has 2 nitrogen and oxygen atoms in total. The maximum atomic E-state index is 6.72. The molecule has 0 amide bonds. The Bertz CT molecular complexity index is 1600. The molecule has 2 heteroatoms. The molecule has 0 spiro atoms. The van der Waals surface area contributed by atoms with Crippen molar-refractivity contribution in [1.82, 2.24) is 0 Å². The highest BCUT2D eigenvalue weighted by molar-refractivity contribution is 5.61. The molecule has 0 bridgehead atoms. The van der Waals surface area contributed by atoms with Crippen molar-refractivity contribution >= 4 is 12.2 Å². The summed E-state index contributed by atoms with van der Waals surface area (Å²) in [5, 5.41) is 0. The van der Waals surface area contributed by atoms with Gasteiger partial charge in [0.25, 0.3) is 0 Å². The number of ether oxygens (including phenoxy) is 2. The lowest BCUT2D eigenvalue weighted by Crippen LogP contribution is -2.19. The minimum absolute atomic E-state index is 0.113. The van der Waals surface area contributed by atoms with E-state index in [-0.39, 0.29) is 16.7 Å². The van der Waals surface area contributed by atoms with E-state index in [0.29, 0.717) is 5.92 Å². The van der Waals surface area contributed by atoms with E-state index in [0.717, 1.165) is 34.1 Å². The van der Waals surface area contributed by atoms with Crippen molar-refractivity contribution in [3.8, 4) is 23.0 Å². The van der Waals surface area contributed by atoms with Gasteiger partial charge in [-0.25, -0.2) is 0 Å². The van der Waals surface area contributed by atoms with Gasteiger partial charge in [-0.05, 0) is 91.0 Å². The number of allylic oxidation sites excluding steroid dienone is 2. The highest BCUT2D eigenvalue weighted by Crippen LogP contribution is 2.45. The van der Waals surface area contributed by atoms with Crippen LogP contribution >= 0.6 is 0 Å². The lowest BCUT2D eigenvalue weighted by molar-refractivity contribution is 0.450. The zero-order valence-electron chi connectivity index (χ0n) is 30.2. The Morgan fingerprint density at radius 3 is 1.24 bits per heavy atom. The van der Waals surface area contributed by atoms with E-state index >= 15 is 0 Å². The molecular formula is C44H54O2. The molecule has 0 fully saturated rings. The first-order valence-electron chi connectivity index (χ1n) is 16.7. The molecule has 0 saturated carbocycles. The van der Waals surface area contributed by atoms with E-state index in [4.69, 9.17) is 9.47 Å². The summed E-state index contributed by atoms with van der Waals surface area (Å²) in [5.41, 5.74) is 9.53. The van der Waals surface area contributed by atoms with Crippen LogP contribution in [-0.2, 0) is 10.8 Å². The summed E-state index contributed by atoms with van der Waals surface area (Å²) in [6.45, 7) is 26.9. The molecule has 0 unspecified atom stereocenters. The van der Waals surface area contributed by atoms with Crippen LogP contribution in [0.15, 0.2) is 84.9 Å². The normalized spacial score (nSPS) is 13.2. The molecule has 4 aromatic rings. The molecule has 0 heterocycles. The molecule has 242 valence electrons. The van der Waals surface area contributed by atoms with Gasteiger partial charge in [-0.2, -0.15) is 0 Å². The third-order valence-electron chi connectivity index (χ3n) is 8.66. The van der Waals surface area contributed by atoms with E-state index in [2.05, 4.69) is 154 Å². The Hall–Kier alpha value is -4.04. The Morgan fingerprint density at radius 2 is 0.913 bits per heavy atom. The zero-order chi connectivity index (χ0) is 33.8. The smallest absolute Gasteiger partial charge is 0.134 e. The van der Waals surface area contributed by atoms with Crippen LogP contribution in [0.5, 0.6) is 23.0 Å². The third-order valence-corrected chi connectivity index (χ3v) is 8.66. The van der Waals surface area contributed by atoms with Crippen molar-refractivity contribution in [2.24, 2.45) is 5.92 Å². The van der Waals surface area contributed by atoms with Crippen molar-refractivity contribution < 1.29 is 9.47 Å². The molecule has 4 aromatic carbocycles. The highest BCUT2D eigenvalue weighted by Gasteiger charge is 2.30. The second-order valence-corrected chi connectivity index (χ2v) is 14.9. The van der Waals surface area contributed by atoms with Gasteiger partial charge in [0.05, 0.1) is 0 Å². The van der Waals surface area contributed by atoms with Crippen LogP contribution in [-0.4, -0.2) is 0 Å². The number of rotatable bonds is 9. The summed E-state index contributed by atoms with van der Waals surface area (Å²) >= 11 is 0. The van der Waals surface area contributed by atoms with E-state index in [9.17, 15) is 0 Å².